The van der Waals surface area contributed by atoms with Gasteiger partial charge in [0.1, 0.15) is 0 Å². The number of nitrogens with zero attached hydrogens (tertiary/aromatic N) is 6. The zero-order valence-electron chi connectivity index (χ0n) is 31.4. The van der Waals surface area contributed by atoms with Crippen LogP contribution >= 0.6 is 0 Å². The molecule has 6 aromatic rings. The standard InChI is InChI=1S/2C14H18N2O.C13H16N2O/c1-10(2)13-9-15(4)16(14(13)17)12-7-5-11(3)6-8-12;1-10(2)13-11(3)15(4)16(14(13)17)12-8-6-5-7-9-12;1-10(2)12-9-14(3)15(13(12)16)11-7-5-4-6-8-11/h2*5-10H,1-4H3;4-10H,1-3H3. The van der Waals surface area contributed by atoms with Crippen LogP contribution in [0.25, 0.3) is 17.1 Å². The lowest BCUT2D eigenvalue weighted by Crippen LogP contribution is -2.21. The second kappa shape index (κ2) is 15.9. The number of aryl methyl sites for hydroxylation is 3. The molecule has 3 heterocycles. The van der Waals surface area contributed by atoms with Crippen LogP contribution in [-0.4, -0.2) is 28.1 Å². The molecule has 0 aliphatic rings. The summed E-state index contributed by atoms with van der Waals surface area (Å²) in [5, 5.41) is 0. The number of aromatic nitrogens is 6. The van der Waals surface area contributed by atoms with Crippen LogP contribution in [-0.2, 0) is 21.1 Å². The van der Waals surface area contributed by atoms with Gasteiger partial charge in [-0.25, -0.2) is 14.0 Å². The van der Waals surface area contributed by atoms with Crippen molar-refractivity contribution < 1.29 is 0 Å². The van der Waals surface area contributed by atoms with Crippen LogP contribution in [0, 0.1) is 13.8 Å². The number of hydrogen-bond donors (Lipinski definition) is 0. The molecule has 3 aromatic carbocycles. The smallest absolute Gasteiger partial charge is 0.275 e. The Morgan fingerprint density at radius 2 is 0.840 bits per heavy atom. The van der Waals surface area contributed by atoms with Crippen LogP contribution in [0.15, 0.2) is 112 Å². The van der Waals surface area contributed by atoms with Crippen molar-refractivity contribution in [2.75, 3.05) is 0 Å². The van der Waals surface area contributed by atoms with Gasteiger partial charge < -0.3 is 0 Å². The third-order valence-corrected chi connectivity index (χ3v) is 8.86. The summed E-state index contributed by atoms with van der Waals surface area (Å²) in [4.78, 5) is 36.8. The molecule has 3 aromatic heterocycles. The number of benzene rings is 3. The van der Waals surface area contributed by atoms with E-state index in [1.165, 1.54) is 5.56 Å². The van der Waals surface area contributed by atoms with E-state index >= 15 is 0 Å². The second-order valence-corrected chi connectivity index (χ2v) is 13.7. The molecule has 0 fully saturated rings. The zero-order chi connectivity index (χ0) is 36.9. The monoisotopic (exact) mass is 676 g/mol. The third-order valence-electron chi connectivity index (χ3n) is 8.86. The van der Waals surface area contributed by atoms with E-state index in [1.54, 1.807) is 14.0 Å². The Morgan fingerprint density at radius 1 is 0.460 bits per heavy atom. The average molecular weight is 677 g/mol. The molecule has 0 N–H and O–H groups in total. The van der Waals surface area contributed by atoms with Gasteiger partial charge in [0.2, 0.25) is 0 Å². The maximum Gasteiger partial charge on any atom is 0.275 e. The Hall–Kier alpha value is -5.31. The van der Waals surface area contributed by atoms with Gasteiger partial charge in [-0.1, -0.05) is 95.6 Å². The summed E-state index contributed by atoms with van der Waals surface area (Å²) in [6.07, 6.45) is 3.81. The molecule has 0 aliphatic carbocycles. The van der Waals surface area contributed by atoms with Gasteiger partial charge in [-0.2, -0.15) is 0 Å². The van der Waals surface area contributed by atoms with Crippen molar-refractivity contribution in [3.63, 3.8) is 0 Å². The van der Waals surface area contributed by atoms with Gasteiger partial charge >= 0.3 is 0 Å². The highest BCUT2D eigenvalue weighted by molar-refractivity contribution is 5.36. The largest absolute Gasteiger partial charge is 0.288 e. The van der Waals surface area contributed by atoms with Crippen LogP contribution in [0.5, 0.6) is 0 Å². The van der Waals surface area contributed by atoms with Crippen LogP contribution < -0.4 is 16.7 Å². The summed E-state index contributed by atoms with van der Waals surface area (Å²) in [6.45, 7) is 16.3. The summed E-state index contributed by atoms with van der Waals surface area (Å²) in [5.41, 5.74) is 7.80. The maximum absolute atomic E-state index is 12.4. The van der Waals surface area contributed by atoms with Crippen molar-refractivity contribution in [1.29, 1.82) is 0 Å². The predicted molar refractivity (Wildman–Crippen MR) is 205 cm³/mol. The van der Waals surface area contributed by atoms with Gasteiger partial charge in [-0.15, -0.1) is 0 Å². The minimum Gasteiger partial charge on any atom is -0.288 e. The van der Waals surface area contributed by atoms with Gasteiger partial charge in [0.25, 0.3) is 16.7 Å². The molecule has 6 rings (SSSR count). The fourth-order valence-corrected chi connectivity index (χ4v) is 6.06. The Balaban J connectivity index is 0.000000169. The van der Waals surface area contributed by atoms with Crippen molar-refractivity contribution >= 4 is 0 Å². The predicted octanol–water partition coefficient (Wildman–Crippen LogP) is 7.52. The molecule has 0 aliphatic heterocycles. The molecular weight excluding hydrogens is 624 g/mol. The summed E-state index contributed by atoms with van der Waals surface area (Å²) >= 11 is 0. The molecule has 9 heteroatoms. The quantitative estimate of drug-likeness (QED) is 0.183. The first-order chi connectivity index (χ1) is 23.6. The summed E-state index contributed by atoms with van der Waals surface area (Å²) in [5.74, 6) is 0.753. The minimum atomic E-state index is 0.0729. The fourth-order valence-electron chi connectivity index (χ4n) is 6.06. The molecule has 50 heavy (non-hydrogen) atoms. The van der Waals surface area contributed by atoms with E-state index in [0.29, 0.717) is 0 Å². The minimum absolute atomic E-state index is 0.0729. The van der Waals surface area contributed by atoms with Gasteiger partial charge in [-0.05, 0) is 68.0 Å². The van der Waals surface area contributed by atoms with Crippen LogP contribution in [0.1, 0.15) is 87.2 Å². The number of rotatable bonds is 6. The molecule has 0 radical (unpaired) electrons. The van der Waals surface area contributed by atoms with E-state index in [4.69, 9.17) is 0 Å². The first kappa shape index (κ1) is 37.5. The Morgan fingerprint density at radius 3 is 1.18 bits per heavy atom. The molecule has 0 atom stereocenters. The molecule has 0 spiro atoms. The van der Waals surface area contributed by atoms with Crippen molar-refractivity contribution in [2.24, 2.45) is 21.1 Å². The lowest BCUT2D eigenvalue weighted by Gasteiger charge is -2.07. The SMILES string of the molecule is CC(C)c1cn(C)n(-c2ccccc2)c1=O.Cc1c(C(C)C)c(=O)n(-c2ccccc2)n1C.Cc1ccc(-n2c(=O)c(C(C)C)cn2C)cc1. The lowest BCUT2D eigenvalue weighted by molar-refractivity contribution is 0.630. The van der Waals surface area contributed by atoms with Crippen molar-refractivity contribution in [1.82, 2.24) is 28.1 Å². The summed E-state index contributed by atoms with van der Waals surface area (Å²) in [6, 6.07) is 27.4. The van der Waals surface area contributed by atoms with Gasteiger partial charge in [0.15, 0.2) is 0 Å². The first-order valence-corrected chi connectivity index (χ1v) is 17.2. The number of para-hydroxylation sites is 2. The van der Waals surface area contributed by atoms with Crippen molar-refractivity contribution in [2.45, 2.75) is 73.1 Å². The van der Waals surface area contributed by atoms with Crippen LogP contribution in [0.2, 0.25) is 0 Å². The summed E-state index contributed by atoms with van der Waals surface area (Å²) in [7, 11) is 5.71. The molecular formula is C41H52N6O3. The van der Waals surface area contributed by atoms with E-state index < -0.39 is 0 Å². The average Bonchev–Trinajstić information content (AvgIpc) is 3.64. The molecule has 0 saturated heterocycles. The van der Waals surface area contributed by atoms with E-state index in [0.717, 1.165) is 39.4 Å². The highest BCUT2D eigenvalue weighted by Crippen LogP contribution is 2.17. The number of hydrogen-bond acceptors (Lipinski definition) is 3. The third kappa shape index (κ3) is 7.94. The fraction of sp³-hybridized carbons (Fsp3) is 0.341. The van der Waals surface area contributed by atoms with Gasteiger partial charge in [0, 0.05) is 55.9 Å². The molecule has 0 saturated carbocycles. The Kier molecular flexibility index (Phi) is 12.0. The molecule has 0 unspecified atom stereocenters. The van der Waals surface area contributed by atoms with Crippen molar-refractivity contribution in [3.8, 4) is 17.1 Å². The van der Waals surface area contributed by atoms with Crippen LogP contribution in [0.4, 0.5) is 0 Å². The second-order valence-electron chi connectivity index (χ2n) is 13.7. The Labute approximate surface area is 295 Å². The van der Waals surface area contributed by atoms with Crippen LogP contribution in [0.3, 0.4) is 0 Å². The van der Waals surface area contributed by atoms with E-state index in [-0.39, 0.29) is 34.4 Å². The normalized spacial score (nSPS) is 11.1. The highest BCUT2D eigenvalue weighted by Gasteiger charge is 2.18. The molecule has 264 valence electrons. The van der Waals surface area contributed by atoms with E-state index in [1.807, 2.05) is 174 Å². The Bertz CT molecular complexity index is 2190. The van der Waals surface area contributed by atoms with Gasteiger partial charge in [0.05, 0.1) is 17.1 Å². The highest BCUT2D eigenvalue weighted by atomic mass is 16.1. The molecule has 9 nitrogen and oxygen atoms in total. The van der Waals surface area contributed by atoms with E-state index in [2.05, 4.69) is 13.8 Å². The van der Waals surface area contributed by atoms with Gasteiger partial charge in [-0.3, -0.25) is 28.4 Å². The first-order valence-electron chi connectivity index (χ1n) is 17.2. The molecule has 0 bridgehead atoms. The zero-order valence-corrected chi connectivity index (χ0v) is 31.4. The maximum atomic E-state index is 12.4. The lowest BCUT2D eigenvalue weighted by atomic mass is 10.0. The molecule has 0 amide bonds. The van der Waals surface area contributed by atoms with Crippen molar-refractivity contribution in [3.05, 3.63) is 156 Å². The van der Waals surface area contributed by atoms with E-state index in [9.17, 15) is 14.4 Å². The summed E-state index contributed by atoms with van der Waals surface area (Å²) < 4.78 is 10.7. The topological polar surface area (TPSA) is 80.8 Å².